The summed E-state index contributed by atoms with van der Waals surface area (Å²) in [6, 6.07) is 13.2. The summed E-state index contributed by atoms with van der Waals surface area (Å²) in [5.74, 6) is 2.28. The van der Waals surface area contributed by atoms with Crippen LogP contribution in [0.1, 0.15) is 110 Å². The van der Waals surface area contributed by atoms with Crippen molar-refractivity contribution < 1.29 is 19.7 Å². The highest BCUT2D eigenvalue weighted by atomic mass is 16.5. The SMILES string of the molecule is CC(C)CCCC(C)CCC(COC(=O)C1=CC=CC(C=NC(=NC(=N)c2ccccc2O)c2ccccc2O)C1)C(C)CCCC(C)C. The van der Waals surface area contributed by atoms with Gasteiger partial charge in [0.15, 0.2) is 11.7 Å². The molecular weight excluding hydrogens is 610 g/mol. The van der Waals surface area contributed by atoms with Crippen molar-refractivity contribution in [1.82, 2.24) is 0 Å². The highest BCUT2D eigenvalue weighted by molar-refractivity contribution is 6.14. The van der Waals surface area contributed by atoms with E-state index in [1.807, 2.05) is 18.2 Å². The lowest BCUT2D eigenvalue weighted by molar-refractivity contribution is -0.141. The van der Waals surface area contributed by atoms with Gasteiger partial charge in [-0.2, -0.15) is 0 Å². The van der Waals surface area contributed by atoms with E-state index in [2.05, 4.69) is 51.5 Å². The van der Waals surface area contributed by atoms with Crippen LogP contribution < -0.4 is 0 Å². The fourth-order valence-corrected chi connectivity index (χ4v) is 6.19. The van der Waals surface area contributed by atoms with Gasteiger partial charge < -0.3 is 14.9 Å². The Morgan fingerprint density at radius 3 is 2.10 bits per heavy atom. The molecule has 0 radical (unpaired) electrons. The normalized spacial score (nSPS) is 16.9. The van der Waals surface area contributed by atoms with Crippen LogP contribution in [0.2, 0.25) is 0 Å². The summed E-state index contributed by atoms with van der Waals surface area (Å²) >= 11 is 0. The number of ether oxygens (including phenoxy) is 1. The number of para-hydroxylation sites is 2. The molecule has 3 N–H and O–H groups in total. The van der Waals surface area contributed by atoms with E-state index in [0.29, 0.717) is 47.8 Å². The summed E-state index contributed by atoms with van der Waals surface area (Å²) in [7, 11) is 0. The first-order valence-electron chi connectivity index (χ1n) is 18.3. The van der Waals surface area contributed by atoms with Crippen LogP contribution in [0.25, 0.3) is 0 Å². The predicted molar refractivity (Wildman–Crippen MR) is 203 cm³/mol. The van der Waals surface area contributed by atoms with Crippen molar-refractivity contribution in [2.75, 3.05) is 6.61 Å². The van der Waals surface area contributed by atoms with E-state index in [9.17, 15) is 15.0 Å². The Kier molecular flexibility index (Phi) is 16.5. The van der Waals surface area contributed by atoms with E-state index in [-0.39, 0.29) is 40.6 Å². The van der Waals surface area contributed by atoms with Crippen molar-refractivity contribution in [2.45, 2.75) is 99.3 Å². The Labute approximate surface area is 294 Å². The number of hydrogen-bond acceptors (Lipinski definition) is 5. The number of rotatable bonds is 18. The number of nitrogens with one attached hydrogen (secondary N) is 1. The lowest BCUT2D eigenvalue weighted by Gasteiger charge is -2.26. The van der Waals surface area contributed by atoms with E-state index in [1.54, 1.807) is 42.6 Å². The van der Waals surface area contributed by atoms with E-state index < -0.39 is 0 Å². The van der Waals surface area contributed by atoms with Crippen LogP contribution in [0, 0.1) is 40.9 Å². The minimum Gasteiger partial charge on any atom is -0.507 e. The molecule has 49 heavy (non-hydrogen) atoms. The van der Waals surface area contributed by atoms with Gasteiger partial charge in [0.05, 0.1) is 17.7 Å². The summed E-state index contributed by atoms with van der Waals surface area (Å²) < 4.78 is 6.01. The molecular formula is C42H59N3O4. The Morgan fingerprint density at radius 1 is 0.857 bits per heavy atom. The summed E-state index contributed by atoms with van der Waals surface area (Å²) in [5, 5.41) is 29.3. The van der Waals surface area contributed by atoms with Gasteiger partial charge in [0, 0.05) is 17.7 Å². The first-order chi connectivity index (χ1) is 23.4. The predicted octanol–water partition coefficient (Wildman–Crippen LogP) is 10.3. The Balaban J connectivity index is 1.67. The Morgan fingerprint density at radius 2 is 1.47 bits per heavy atom. The number of phenolic OH excluding ortho intramolecular Hbond substituents is 2. The maximum absolute atomic E-state index is 13.4. The molecule has 4 unspecified atom stereocenters. The van der Waals surface area contributed by atoms with Gasteiger partial charge in [-0.05, 0) is 66.7 Å². The van der Waals surface area contributed by atoms with Gasteiger partial charge >= 0.3 is 5.97 Å². The van der Waals surface area contributed by atoms with Crippen molar-refractivity contribution in [3.63, 3.8) is 0 Å². The number of aromatic hydroxyl groups is 2. The molecule has 1 aliphatic rings. The third-order valence-corrected chi connectivity index (χ3v) is 9.47. The maximum Gasteiger partial charge on any atom is 0.334 e. The van der Waals surface area contributed by atoms with Crippen LogP contribution in [0.5, 0.6) is 11.5 Å². The third-order valence-electron chi connectivity index (χ3n) is 9.47. The first-order valence-corrected chi connectivity index (χ1v) is 18.3. The largest absolute Gasteiger partial charge is 0.507 e. The number of benzene rings is 2. The summed E-state index contributed by atoms with van der Waals surface area (Å²) in [6.07, 6.45) is 17.3. The molecule has 0 fully saturated rings. The fraction of sp³-hybridized carbons (Fsp3) is 0.524. The number of hydrogen-bond donors (Lipinski definition) is 3. The molecule has 0 bridgehead atoms. The van der Waals surface area contributed by atoms with Gasteiger partial charge in [-0.15, -0.1) is 0 Å². The highest BCUT2D eigenvalue weighted by Crippen LogP contribution is 2.29. The van der Waals surface area contributed by atoms with E-state index in [1.165, 1.54) is 44.2 Å². The van der Waals surface area contributed by atoms with Crippen molar-refractivity contribution in [3.8, 4) is 11.5 Å². The van der Waals surface area contributed by atoms with E-state index in [4.69, 9.17) is 10.1 Å². The number of amidine groups is 2. The second kappa shape index (κ2) is 20.5. The molecule has 0 amide bonds. The molecule has 0 saturated carbocycles. The molecule has 2 aromatic carbocycles. The van der Waals surface area contributed by atoms with Crippen molar-refractivity contribution in [1.29, 1.82) is 5.41 Å². The number of carbonyl (C=O) groups is 1. The molecule has 4 atom stereocenters. The van der Waals surface area contributed by atoms with Crippen LogP contribution in [-0.2, 0) is 9.53 Å². The first kappa shape index (κ1) is 39.4. The summed E-state index contributed by atoms with van der Waals surface area (Å²) in [4.78, 5) is 22.3. The van der Waals surface area contributed by atoms with Crippen LogP contribution in [0.4, 0.5) is 0 Å². The molecule has 266 valence electrons. The average molecular weight is 670 g/mol. The monoisotopic (exact) mass is 669 g/mol. The van der Waals surface area contributed by atoms with Crippen molar-refractivity contribution in [3.05, 3.63) is 83.5 Å². The number of nitrogens with zero attached hydrogens (tertiary/aromatic N) is 2. The van der Waals surface area contributed by atoms with E-state index in [0.717, 1.165) is 25.2 Å². The smallest absolute Gasteiger partial charge is 0.334 e. The molecule has 0 heterocycles. The van der Waals surface area contributed by atoms with Gasteiger partial charge in [0.25, 0.3) is 0 Å². The number of phenols is 2. The molecule has 1 aliphatic carbocycles. The lowest BCUT2D eigenvalue weighted by Crippen LogP contribution is -2.23. The number of carbonyl (C=O) groups excluding carboxylic acids is 1. The maximum atomic E-state index is 13.4. The summed E-state index contributed by atoms with van der Waals surface area (Å²) in [5.41, 5.74) is 1.20. The third kappa shape index (κ3) is 13.8. The average Bonchev–Trinajstić information content (AvgIpc) is 3.06. The standard InChI is InChI=1S/C42H59N3O4/c1-29(2)14-11-16-31(5)24-25-35(32(6)17-12-15-30(3)4)28-49-42(48)34-19-13-18-33(26-34)27-44-41(37-21-8-10-23-39(37)47)45-40(43)36-20-7-9-22-38(36)46/h7-10,13,18-23,27,29-33,35,43,46-47H,11-12,14-17,24-26,28H2,1-6H3. The molecule has 7 heteroatoms. The zero-order chi connectivity index (χ0) is 35.8. The molecule has 0 aromatic heterocycles. The topological polar surface area (TPSA) is 115 Å². The van der Waals surface area contributed by atoms with Gasteiger partial charge in [-0.1, -0.05) is 129 Å². The van der Waals surface area contributed by atoms with Crippen LogP contribution in [0.15, 0.2) is 82.3 Å². The number of esters is 1. The van der Waals surface area contributed by atoms with Crippen LogP contribution in [0.3, 0.4) is 0 Å². The zero-order valence-electron chi connectivity index (χ0n) is 30.6. The molecule has 2 aromatic rings. The molecule has 0 spiro atoms. The molecule has 0 aliphatic heterocycles. The molecule has 0 saturated heterocycles. The lowest BCUT2D eigenvalue weighted by atomic mass is 9.83. The van der Waals surface area contributed by atoms with E-state index >= 15 is 0 Å². The van der Waals surface area contributed by atoms with Gasteiger partial charge in [-0.25, -0.2) is 14.8 Å². The van der Waals surface area contributed by atoms with Gasteiger partial charge in [-0.3, -0.25) is 5.41 Å². The quantitative estimate of drug-likeness (QED) is 0.0832. The fourth-order valence-electron chi connectivity index (χ4n) is 6.19. The number of allylic oxidation sites excluding steroid dienone is 3. The van der Waals surface area contributed by atoms with Crippen LogP contribution >= 0.6 is 0 Å². The summed E-state index contributed by atoms with van der Waals surface area (Å²) in [6.45, 7) is 14.2. The zero-order valence-corrected chi connectivity index (χ0v) is 30.6. The van der Waals surface area contributed by atoms with Crippen molar-refractivity contribution >= 4 is 23.9 Å². The van der Waals surface area contributed by atoms with Gasteiger partial charge in [0.2, 0.25) is 0 Å². The van der Waals surface area contributed by atoms with Gasteiger partial charge in [0.1, 0.15) is 11.5 Å². The second-order valence-electron chi connectivity index (χ2n) is 14.7. The molecule has 7 nitrogen and oxygen atoms in total. The highest BCUT2D eigenvalue weighted by Gasteiger charge is 2.23. The Hall–Kier alpha value is -4.00. The second-order valence-corrected chi connectivity index (χ2v) is 14.7. The molecule has 3 rings (SSSR count). The number of aliphatic imine (C=N–C) groups is 2. The minimum atomic E-state index is -0.289. The van der Waals surface area contributed by atoms with Crippen molar-refractivity contribution in [2.24, 2.45) is 45.5 Å². The minimum absolute atomic E-state index is 0.0234. The Bertz CT molecular complexity index is 1470. The van der Waals surface area contributed by atoms with Crippen LogP contribution in [-0.4, -0.2) is 40.7 Å².